The molecule has 0 atom stereocenters. The Morgan fingerprint density at radius 3 is 1.68 bits per heavy atom. The molecular formula is C11H13N3O5. The minimum absolute atomic E-state index is 0.0347. The van der Waals surface area contributed by atoms with Gasteiger partial charge in [-0.15, -0.1) is 0 Å². The number of nitrogens with two attached hydrogens (primary N) is 1. The van der Waals surface area contributed by atoms with E-state index in [-0.39, 0.29) is 11.1 Å². The van der Waals surface area contributed by atoms with Crippen molar-refractivity contribution < 1.29 is 14.6 Å². The molecule has 0 radical (unpaired) electrons. The van der Waals surface area contributed by atoms with Gasteiger partial charge >= 0.3 is 0 Å². The Hall–Kier alpha value is -2.51. The quantitative estimate of drug-likeness (QED) is 0.660. The molecule has 8 heteroatoms. The van der Waals surface area contributed by atoms with Gasteiger partial charge in [0, 0.05) is 17.5 Å². The van der Waals surface area contributed by atoms with E-state index in [0.717, 1.165) is 12.1 Å². The molecule has 0 unspecified atom stereocenters. The van der Waals surface area contributed by atoms with Gasteiger partial charge < -0.3 is 5.73 Å². The van der Waals surface area contributed by atoms with E-state index in [0.29, 0.717) is 0 Å². The van der Waals surface area contributed by atoms with Gasteiger partial charge in [0.25, 0.3) is 11.4 Å². The molecule has 1 aromatic rings. The van der Waals surface area contributed by atoms with Crippen LogP contribution in [0.1, 0.15) is 36.7 Å². The van der Waals surface area contributed by atoms with E-state index in [2.05, 4.69) is 0 Å². The van der Waals surface area contributed by atoms with Gasteiger partial charge in [0.2, 0.25) is 5.91 Å². The van der Waals surface area contributed by atoms with E-state index >= 15 is 0 Å². The van der Waals surface area contributed by atoms with Gasteiger partial charge in [0.05, 0.1) is 15.4 Å². The van der Waals surface area contributed by atoms with Crippen LogP contribution in [0.25, 0.3) is 0 Å². The number of carbonyl (C=O) groups is 1. The zero-order valence-electron chi connectivity index (χ0n) is 10.7. The van der Waals surface area contributed by atoms with Gasteiger partial charge in [-0.3, -0.25) is 25.0 Å². The van der Waals surface area contributed by atoms with E-state index in [9.17, 15) is 25.0 Å². The van der Waals surface area contributed by atoms with E-state index in [1.54, 1.807) is 20.8 Å². The second-order valence-electron chi connectivity index (χ2n) is 5.02. The minimum atomic E-state index is -0.952. The minimum Gasteiger partial charge on any atom is -0.366 e. The summed E-state index contributed by atoms with van der Waals surface area (Å²) in [5.74, 6) is -0.952. The zero-order chi connectivity index (χ0) is 15.0. The number of hydrogen-bond donors (Lipinski definition) is 1. The number of rotatable bonds is 3. The molecule has 0 aliphatic heterocycles. The Kier molecular flexibility index (Phi) is 3.55. The van der Waals surface area contributed by atoms with Crippen LogP contribution < -0.4 is 5.73 Å². The molecular weight excluding hydrogens is 254 g/mol. The molecule has 0 saturated carbocycles. The molecule has 0 fully saturated rings. The lowest BCUT2D eigenvalue weighted by molar-refractivity contribution is -0.396. The van der Waals surface area contributed by atoms with Crippen molar-refractivity contribution in [2.24, 2.45) is 5.73 Å². The number of amides is 1. The van der Waals surface area contributed by atoms with Crippen molar-refractivity contribution in [3.63, 3.8) is 0 Å². The lowest BCUT2D eigenvalue weighted by Crippen LogP contribution is -2.19. The molecule has 1 aromatic carbocycles. The van der Waals surface area contributed by atoms with Gasteiger partial charge in [0.15, 0.2) is 0 Å². The largest absolute Gasteiger partial charge is 0.366 e. The van der Waals surface area contributed by atoms with Gasteiger partial charge in [0.1, 0.15) is 5.56 Å². The van der Waals surface area contributed by atoms with Crippen LogP contribution in [0.4, 0.5) is 11.4 Å². The third-order valence-corrected chi connectivity index (χ3v) is 2.52. The van der Waals surface area contributed by atoms with Crippen LogP contribution in [0.15, 0.2) is 12.1 Å². The Bertz CT molecular complexity index is 539. The van der Waals surface area contributed by atoms with E-state index < -0.39 is 32.5 Å². The van der Waals surface area contributed by atoms with Crippen molar-refractivity contribution in [1.82, 2.24) is 0 Å². The van der Waals surface area contributed by atoms with Crippen LogP contribution in [-0.4, -0.2) is 15.8 Å². The first kappa shape index (κ1) is 14.6. The number of primary amides is 1. The molecule has 2 N–H and O–H groups in total. The number of nitrogens with zero attached hydrogens (tertiary/aromatic N) is 2. The van der Waals surface area contributed by atoms with Gasteiger partial charge in [-0.2, -0.15) is 0 Å². The smallest absolute Gasteiger partial charge is 0.280 e. The van der Waals surface area contributed by atoms with Crippen LogP contribution in [0.3, 0.4) is 0 Å². The standard InChI is InChI=1S/C11H13N3O5/c1-11(2,3)9-7(13(16)17)4-6(10(12)15)5-8(9)14(18)19/h4-5H,1-3H3,(H2,12,15). The number of nitro benzene ring substituents is 2. The van der Waals surface area contributed by atoms with Crippen molar-refractivity contribution in [1.29, 1.82) is 0 Å². The van der Waals surface area contributed by atoms with Crippen LogP contribution in [0.2, 0.25) is 0 Å². The monoisotopic (exact) mass is 267 g/mol. The number of carbonyl (C=O) groups excluding carboxylic acids is 1. The summed E-state index contributed by atoms with van der Waals surface area (Å²) < 4.78 is 0. The summed E-state index contributed by atoms with van der Waals surface area (Å²) in [5.41, 5.74) is 2.96. The van der Waals surface area contributed by atoms with Crippen LogP contribution in [0.5, 0.6) is 0 Å². The Labute approximate surface area is 108 Å². The normalized spacial score (nSPS) is 11.1. The molecule has 8 nitrogen and oxygen atoms in total. The zero-order valence-corrected chi connectivity index (χ0v) is 10.7. The number of benzene rings is 1. The van der Waals surface area contributed by atoms with E-state index in [1.165, 1.54) is 0 Å². The molecule has 0 saturated heterocycles. The molecule has 1 rings (SSSR count). The first-order valence-corrected chi connectivity index (χ1v) is 5.33. The molecule has 1 amide bonds. The topological polar surface area (TPSA) is 129 Å². The van der Waals surface area contributed by atoms with Gasteiger partial charge in [-0.1, -0.05) is 20.8 Å². The summed E-state index contributed by atoms with van der Waals surface area (Å²) in [6, 6.07) is 1.94. The van der Waals surface area contributed by atoms with Crippen molar-refractivity contribution in [3.8, 4) is 0 Å². The molecule has 0 aliphatic carbocycles. The maximum Gasteiger partial charge on any atom is 0.280 e. The maximum atomic E-state index is 11.1. The highest BCUT2D eigenvalue weighted by molar-refractivity contribution is 5.94. The third kappa shape index (κ3) is 2.84. The first-order valence-electron chi connectivity index (χ1n) is 5.33. The summed E-state index contributed by atoms with van der Waals surface area (Å²) in [4.78, 5) is 31.7. The van der Waals surface area contributed by atoms with Gasteiger partial charge in [-0.25, -0.2) is 0 Å². The predicted molar refractivity (Wildman–Crippen MR) is 67.0 cm³/mol. The lowest BCUT2D eigenvalue weighted by atomic mass is 9.83. The Morgan fingerprint density at radius 2 is 1.47 bits per heavy atom. The molecule has 0 aromatic heterocycles. The highest BCUT2D eigenvalue weighted by Crippen LogP contribution is 2.39. The third-order valence-electron chi connectivity index (χ3n) is 2.52. The summed E-state index contributed by atoms with van der Waals surface area (Å²) in [5, 5.41) is 22.1. The fourth-order valence-electron chi connectivity index (χ4n) is 1.81. The average Bonchev–Trinajstić information content (AvgIpc) is 2.25. The van der Waals surface area contributed by atoms with Crippen molar-refractivity contribution in [2.45, 2.75) is 26.2 Å². The summed E-state index contributed by atoms with van der Waals surface area (Å²) in [7, 11) is 0. The fourth-order valence-corrected chi connectivity index (χ4v) is 1.81. The van der Waals surface area contributed by atoms with Crippen molar-refractivity contribution in [3.05, 3.63) is 43.5 Å². The highest BCUT2D eigenvalue weighted by Gasteiger charge is 2.35. The first-order chi connectivity index (χ1) is 8.55. The summed E-state index contributed by atoms with van der Waals surface area (Å²) in [6.45, 7) is 4.85. The van der Waals surface area contributed by atoms with Crippen LogP contribution in [-0.2, 0) is 5.41 Å². The molecule has 0 bridgehead atoms. The Morgan fingerprint density at radius 1 is 1.11 bits per heavy atom. The Balaban J connectivity index is 3.81. The maximum absolute atomic E-state index is 11.1. The predicted octanol–water partition coefficient (Wildman–Crippen LogP) is 1.90. The number of nitro groups is 2. The average molecular weight is 267 g/mol. The summed E-state index contributed by atoms with van der Waals surface area (Å²) in [6.07, 6.45) is 0. The fraction of sp³-hybridized carbons (Fsp3) is 0.364. The van der Waals surface area contributed by atoms with E-state index in [1.807, 2.05) is 0 Å². The highest BCUT2D eigenvalue weighted by atomic mass is 16.6. The van der Waals surface area contributed by atoms with Crippen LogP contribution in [0, 0.1) is 20.2 Å². The van der Waals surface area contributed by atoms with E-state index in [4.69, 9.17) is 5.73 Å². The lowest BCUT2D eigenvalue weighted by Gasteiger charge is -2.19. The molecule has 102 valence electrons. The second kappa shape index (κ2) is 4.63. The second-order valence-corrected chi connectivity index (χ2v) is 5.02. The van der Waals surface area contributed by atoms with Crippen LogP contribution >= 0.6 is 0 Å². The molecule has 0 aliphatic rings. The molecule has 19 heavy (non-hydrogen) atoms. The molecule has 0 spiro atoms. The van der Waals surface area contributed by atoms with Gasteiger partial charge in [-0.05, 0) is 0 Å². The summed E-state index contributed by atoms with van der Waals surface area (Å²) >= 11 is 0. The number of hydrogen-bond acceptors (Lipinski definition) is 5. The molecule has 0 heterocycles. The van der Waals surface area contributed by atoms with Crippen molar-refractivity contribution >= 4 is 17.3 Å². The SMILES string of the molecule is CC(C)(C)c1c([N+](=O)[O-])cc(C(N)=O)cc1[N+](=O)[O-]. The van der Waals surface area contributed by atoms with Crippen molar-refractivity contribution in [2.75, 3.05) is 0 Å².